The third-order valence-electron chi connectivity index (χ3n) is 7.84. The van der Waals surface area contributed by atoms with E-state index in [1.807, 2.05) is 30.3 Å². The zero-order chi connectivity index (χ0) is 29.9. The molecule has 2 heterocycles. The Morgan fingerprint density at radius 3 is 2.02 bits per heavy atom. The van der Waals surface area contributed by atoms with E-state index in [2.05, 4.69) is 0 Å². The number of carboxylic acids is 1. The lowest BCUT2D eigenvalue weighted by Gasteiger charge is -2.42. The molecule has 42 heavy (non-hydrogen) atoms. The van der Waals surface area contributed by atoms with E-state index in [0.29, 0.717) is 51.0 Å². The summed E-state index contributed by atoms with van der Waals surface area (Å²) < 4.78 is 86.7. The predicted octanol–water partition coefficient (Wildman–Crippen LogP) is 6.40. The largest absolute Gasteiger partial charge is 0.480 e. The van der Waals surface area contributed by atoms with Crippen molar-refractivity contribution in [2.24, 2.45) is 5.92 Å². The second-order valence-corrected chi connectivity index (χ2v) is 10.7. The molecule has 1 amide bonds. The van der Waals surface area contributed by atoms with Crippen molar-refractivity contribution in [3.8, 4) is 0 Å². The summed E-state index contributed by atoms with van der Waals surface area (Å²) in [6, 6.07) is 10.6. The van der Waals surface area contributed by atoms with Gasteiger partial charge in [-0.25, -0.2) is 0 Å². The molecule has 6 nitrogen and oxygen atoms in total. The highest BCUT2D eigenvalue weighted by Crippen LogP contribution is 2.40. The fourth-order valence-corrected chi connectivity index (χ4v) is 5.66. The minimum atomic E-state index is -4.96. The van der Waals surface area contributed by atoms with Crippen LogP contribution in [0.1, 0.15) is 60.5 Å². The lowest BCUT2D eigenvalue weighted by Crippen LogP contribution is -2.49. The number of amides is 1. The van der Waals surface area contributed by atoms with Crippen LogP contribution in [0.2, 0.25) is 0 Å². The molecule has 0 radical (unpaired) electrons. The molecule has 2 fully saturated rings. The normalized spacial score (nSPS) is 21.5. The summed E-state index contributed by atoms with van der Waals surface area (Å²) in [7, 11) is 0. The molecule has 3 atom stereocenters. The number of carbonyl (C=O) groups is 2. The maximum Gasteiger partial charge on any atom is 0.416 e. The van der Waals surface area contributed by atoms with Crippen molar-refractivity contribution < 1.29 is 45.8 Å². The van der Waals surface area contributed by atoms with E-state index >= 15 is 0 Å². The number of hydrogen-bond acceptors (Lipinski definition) is 4. The molecule has 2 aliphatic heterocycles. The average Bonchev–Trinajstić information content (AvgIpc) is 2.92. The molecule has 2 saturated heterocycles. The number of benzene rings is 2. The SMILES string of the molecule is C[C@@H](O[C@H]1CCN(C(=O)C2CCN(CC(=O)O)CC2)C[C@H]1c1ccccc1)c1cc(C(F)(F)F)cc(C(F)(F)F)c1.Cl. The van der Waals surface area contributed by atoms with E-state index in [0.717, 1.165) is 5.56 Å². The minimum Gasteiger partial charge on any atom is -0.480 e. The van der Waals surface area contributed by atoms with Gasteiger partial charge in [0.25, 0.3) is 0 Å². The molecule has 0 spiro atoms. The van der Waals surface area contributed by atoms with E-state index in [1.165, 1.54) is 6.92 Å². The van der Waals surface area contributed by atoms with Crippen LogP contribution in [0, 0.1) is 5.92 Å². The van der Waals surface area contributed by atoms with Gasteiger partial charge in [-0.05, 0) is 68.6 Å². The molecule has 232 valence electrons. The molecule has 2 aliphatic rings. The number of carboxylic acid groups (broad SMARTS) is 1. The van der Waals surface area contributed by atoms with Gasteiger partial charge in [0.15, 0.2) is 0 Å². The Morgan fingerprint density at radius 1 is 0.929 bits per heavy atom. The first kappa shape index (κ1) is 33.7. The monoisotopic (exact) mass is 622 g/mol. The van der Waals surface area contributed by atoms with Gasteiger partial charge in [0.1, 0.15) is 0 Å². The number of aliphatic carboxylic acids is 1. The Labute approximate surface area is 246 Å². The summed E-state index contributed by atoms with van der Waals surface area (Å²) in [4.78, 5) is 27.9. The Balaban J connectivity index is 0.00000484. The molecule has 0 saturated carbocycles. The van der Waals surface area contributed by atoms with Gasteiger partial charge in [-0.1, -0.05) is 30.3 Å². The van der Waals surface area contributed by atoms with E-state index in [9.17, 15) is 35.9 Å². The zero-order valence-electron chi connectivity index (χ0n) is 22.8. The molecule has 2 aromatic carbocycles. The lowest BCUT2D eigenvalue weighted by atomic mass is 9.86. The molecule has 1 N–H and O–H groups in total. The third-order valence-corrected chi connectivity index (χ3v) is 7.84. The van der Waals surface area contributed by atoms with Crippen molar-refractivity contribution in [2.75, 3.05) is 32.7 Å². The summed E-state index contributed by atoms with van der Waals surface area (Å²) in [6.07, 6.45) is -10.1. The van der Waals surface area contributed by atoms with E-state index < -0.39 is 41.7 Å². The highest BCUT2D eigenvalue weighted by Gasteiger charge is 2.40. The molecule has 0 aromatic heterocycles. The van der Waals surface area contributed by atoms with Crippen LogP contribution >= 0.6 is 12.4 Å². The fourth-order valence-electron chi connectivity index (χ4n) is 5.66. The first-order valence-electron chi connectivity index (χ1n) is 13.4. The van der Waals surface area contributed by atoms with Crippen molar-refractivity contribution in [1.82, 2.24) is 9.80 Å². The van der Waals surface area contributed by atoms with Gasteiger partial charge in [0.2, 0.25) is 5.91 Å². The molecule has 4 rings (SSSR count). The van der Waals surface area contributed by atoms with Gasteiger partial charge in [-0.3, -0.25) is 14.5 Å². The number of rotatable bonds is 7. The Bertz CT molecular complexity index is 1190. The number of alkyl halides is 6. The van der Waals surface area contributed by atoms with Gasteiger partial charge in [0.05, 0.1) is 29.9 Å². The average molecular weight is 623 g/mol. The van der Waals surface area contributed by atoms with Crippen molar-refractivity contribution in [2.45, 2.75) is 56.7 Å². The fraction of sp³-hybridized carbons (Fsp3) is 0.517. The Hall–Kier alpha value is -2.83. The van der Waals surface area contributed by atoms with Crippen LogP contribution < -0.4 is 0 Å². The molecular weight excluding hydrogens is 590 g/mol. The van der Waals surface area contributed by atoms with Gasteiger partial charge < -0.3 is 14.7 Å². The first-order chi connectivity index (χ1) is 19.2. The second-order valence-electron chi connectivity index (χ2n) is 10.7. The molecule has 0 unspecified atom stereocenters. The zero-order valence-corrected chi connectivity index (χ0v) is 23.6. The van der Waals surface area contributed by atoms with Gasteiger partial charge >= 0.3 is 18.3 Å². The highest BCUT2D eigenvalue weighted by atomic mass is 35.5. The summed E-state index contributed by atoms with van der Waals surface area (Å²) >= 11 is 0. The van der Waals surface area contributed by atoms with E-state index in [-0.39, 0.29) is 54.9 Å². The third kappa shape index (κ3) is 8.38. The van der Waals surface area contributed by atoms with Crippen LogP contribution in [0.25, 0.3) is 0 Å². The van der Waals surface area contributed by atoms with Crippen LogP contribution in [-0.2, 0) is 26.7 Å². The van der Waals surface area contributed by atoms with Crippen molar-refractivity contribution in [3.05, 3.63) is 70.8 Å². The number of carbonyl (C=O) groups excluding carboxylic acids is 1. The second kappa shape index (κ2) is 13.6. The molecule has 0 bridgehead atoms. The standard InChI is InChI=1S/C29H32F6N2O4.ClH/c1-18(21-13-22(28(30,31)32)15-23(14-21)29(33,34)35)41-25-9-12-37(16-24(25)19-5-3-2-4-6-19)27(40)20-7-10-36(11-8-20)17-26(38)39;/h2-6,13-15,18,20,24-25H,7-12,16-17H2,1H3,(H,38,39);1H/t18-,24+,25+;/m1./s1. The minimum absolute atomic E-state index is 0. The first-order valence-corrected chi connectivity index (χ1v) is 13.4. The van der Waals surface area contributed by atoms with Crippen molar-refractivity contribution in [1.29, 1.82) is 0 Å². The van der Waals surface area contributed by atoms with Crippen molar-refractivity contribution in [3.63, 3.8) is 0 Å². The highest BCUT2D eigenvalue weighted by molar-refractivity contribution is 5.85. The predicted molar refractivity (Wildman–Crippen MR) is 144 cm³/mol. The number of halogens is 7. The molecular formula is C29H33ClF6N2O4. The topological polar surface area (TPSA) is 70.1 Å². The molecule has 0 aliphatic carbocycles. The van der Waals surface area contributed by atoms with Crippen LogP contribution in [0.15, 0.2) is 48.5 Å². The molecule has 2 aromatic rings. The van der Waals surface area contributed by atoms with Crippen LogP contribution in [0.5, 0.6) is 0 Å². The Kier molecular flexibility index (Phi) is 10.9. The number of nitrogens with zero attached hydrogens (tertiary/aromatic N) is 2. The summed E-state index contributed by atoms with van der Waals surface area (Å²) in [5.41, 5.74) is -2.18. The van der Waals surface area contributed by atoms with Crippen LogP contribution in [0.3, 0.4) is 0 Å². The Morgan fingerprint density at radius 2 is 1.50 bits per heavy atom. The maximum atomic E-state index is 13.4. The maximum absolute atomic E-state index is 13.4. The van der Waals surface area contributed by atoms with E-state index in [1.54, 1.807) is 9.80 Å². The van der Waals surface area contributed by atoms with Gasteiger partial charge in [0, 0.05) is 24.9 Å². The van der Waals surface area contributed by atoms with Gasteiger partial charge in [-0.2, -0.15) is 26.3 Å². The number of ether oxygens (including phenoxy) is 1. The summed E-state index contributed by atoms with van der Waals surface area (Å²) in [5.74, 6) is -1.56. The molecule has 13 heteroatoms. The lowest BCUT2D eigenvalue weighted by molar-refractivity contribution is -0.143. The quantitative estimate of drug-likeness (QED) is 0.362. The van der Waals surface area contributed by atoms with Crippen molar-refractivity contribution >= 4 is 24.3 Å². The summed E-state index contributed by atoms with van der Waals surface area (Å²) in [6.45, 7) is 2.96. The van der Waals surface area contributed by atoms with Gasteiger partial charge in [-0.15, -0.1) is 12.4 Å². The van der Waals surface area contributed by atoms with E-state index in [4.69, 9.17) is 9.84 Å². The van der Waals surface area contributed by atoms with Crippen LogP contribution in [-0.4, -0.2) is 65.6 Å². The summed E-state index contributed by atoms with van der Waals surface area (Å²) in [5, 5.41) is 9.01. The van der Waals surface area contributed by atoms with Crippen LogP contribution in [0.4, 0.5) is 26.3 Å². The number of likely N-dealkylation sites (tertiary alicyclic amines) is 2. The number of hydrogen-bond donors (Lipinski definition) is 1. The smallest absolute Gasteiger partial charge is 0.416 e. The number of piperidine rings is 2.